The first-order valence-corrected chi connectivity index (χ1v) is 10.5. The molecule has 3 rings (SSSR count). The van der Waals surface area contributed by atoms with Gasteiger partial charge in [-0.3, -0.25) is 4.68 Å². The Morgan fingerprint density at radius 1 is 1.35 bits per heavy atom. The minimum absolute atomic E-state index is 0.00984. The van der Waals surface area contributed by atoms with Crippen LogP contribution in [0.1, 0.15) is 48.5 Å². The Kier molecular flexibility index (Phi) is 4.31. The van der Waals surface area contributed by atoms with E-state index in [1.54, 1.807) is 22.2 Å². The molecular weight excluding hydrogens is 332 g/mol. The van der Waals surface area contributed by atoms with Gasteiger partial charge in [-0.1, -0.05) is 19.1 Å². The van der Waals surface area contributed by atoms with Crippen molar-refractivity contribution in [1.82, 2.24) is 20.0 Å². The van der Waals surface area contributed by atoms with Gasteiger partial charge >= 0.3 is 0 Å². The van der Waals surface area contributed by atoms with Crippen LogP contribution in [0.15, 0.2) is 6.20 Å². The molecule has 0 amide bonds. The second-order valence-electron chi connectivity index (χ2n) is 6.92. The maximum Gasteiger partial charge on any atom is 0.162 e. The average molecular weight is 355 g/mol. The molecule has 2 aromatic rings. The van der Waals surface area contributed by atoms with Crippen LogP contribution in [0.5, 0.6) is 0 Å². The van der Waals surface area contributed by atoms with Gasteiger partial charge in [-0.25, -0.2) is 13.4 Å². The summed E-state index contributed by atoms with van der Waals surface area (Å²) in [6, 6.07) is 0. The summed E-state index contributed by atoms with van der Waals surface area (Å²) >= 11 is 1.55. The van der Waals surface area contributed by atoms with Crippen LogP contribution in [0.3, 0.4) is 0 Å². The third-order valence-electron chi connectivity index (χ3n) is 4.12. The summed E-state index contributed by atoms with van der Waals surface area (Å²) in [6.45, 7) is 7.13. The fraction of sp³-hybridized carbons (Fsp3) is 0.667. The number of aryl methyl sites for hydroxylation is 2. The summed E-state index contributed by atoms with van der Waals surface area (Å²) in [5, 5.41) is 8.50. The molecule has 1 aliphatic rings. The normalized spacial score (nSPS) is 17.2. The molecule has 23 heavy (non-hydrogen) atoms. The average Bonchev–Trinajstić information content (AvgIpc) is 3.02. The van der Waals surface area contributed by atoms with Crippen molar-refractivity contribution in [2.45, 2.75) is 58.1 Å². The highest BCUT2D eigenvalue weighted by molar-refractivity contribution is 7.89. The molecule has 0 saturated carbocycles. The number of thiazole rings is 1. The van der Waals surface area contributed by atoms with Gasteiger partial charge in [0.2, 0.25) is 0 Å². The third kappa shape index (κ3) is 3.98. The molecule has 0 N–H and O–H groups in total. The molecule has 0 fully saturated rings. The maximum atomic E-state index is 12.4. The molecule has 2 heterocycles. The molecule has 0 saturated heterocycles. The van der Waals surface area contributed by atoms with Crippen molar-refractivity contribution in [2.75, 3.05) is 0 Å². The molecule has 126 valence electrons. The monoisotopic (exact) mass is 354 g/mol. The number of hydrogen-bond acceptors (Lipinski definition) is 6. The Morgan fingerprint density at radius 2 is 2.13 bits per heavy atom. The first kappa shape index (κ1) is 16.6. The SMILES string of the molecule is CCn1cc(CS(=O)(=O)Cc2nc3c(s2)CC(C)(C)CC3)nn1. The highest BCUT2D eigenvalue weighted by Crippen LogP contribution is 2.37. The summed E-state index contributed by atoms with van der Waals surface area (Å²) in [7, 11) is -3.28. The van der Waals surface area contributed by atoms with E-state index in [1.807, 2.05) is 6.92 Å². The Bertz CT molecular complexity index is 805. The standard InChI is InChI=1S/C15H22N4O2S2/c1-4-19-8-11(17-18-19)9-23(20,21)10-14-16-12-5-6-15(2,3)7-13(12)22-14/h8H,4-7,9-10H2,1-3H3. The summed E-state index contributed by atoms with van der Waals surface area (Å²) in [4.78, 5) is 5.82. The van der Waals surface area contributed by atoms with Crippen LogP contribution in [0.4, 0.5) is 0 Å². The van der Waals surface area contributed by atoms with E-state index in [1.165, 1.54) is 4.88 Å². The lowest BCUT2D eigenvalue weighted by Gasteiger charge is -2.28. The summed E-state index contributed by atoms with van der Waals surface area (Å²) in [6.07, 6.45) is 4.73. The zero-order chi connectivity index (χ0) is 16.7. The summed E-state index contributed by atoms with van der Waals surface area (Å²) < 4.78 is 26.4. The molecule has 8 heteroatoms. The predicted molar refractivity (Wildman–Crippen MR) is 89.9 cm³/mol. The highest BCUT2D eigenvalue weighted by atomic mass is 32.2. The molecule has 0 unspecified atom stereocenters. The Morgan fingerprint density at radius 3 is 2.83 bits per heavy atom. The van der Waals surface area contributed by atoms with Crippen LogP contribution in [-0.4, -0.2) is 28.4 Å². The van der Waals surface area contributed by atoms with Crippen molar-refractivity contribution in [2.24, 2.45) is 5.41 Å². The highest BCUT2D eigenvalue weighted by Gasteiger charge is 2.29. The van der Waals surface area contributed by atoms with Crippen LogP contribution in [-0.2, 0) is 40.7 Å². The largest absolute Gasteiger partial charge is 0.253 e. The van der Waals surface area contributed by atoms with E-state index < -0.39 is 9.84 Å². The molecular formula is C15H22N4O2S2. The lowest BCUT2D eigenvalue weighted by Crippen LogP contribution is -2.20. The number of hydrogen-bond donors (Lipinski definition) is 0. The Balaban J connectivity index is 1.72. The van der Waals surface area contributed by atoms with E-state index >= 15 is 0 Å². The number of aromatic nitrogens is 4. The van der Waals surface area contributed by atoms with Crippen molar-refractivity contribution >= 4 is 21.2 Å². The second kappa shape index (κ2) is 5.98. The van der Waals surface area contributed by atoms with E-state index in [-0.39, 0.29) is 16.9 Å². The number of sulfone groups is 1. The molecule has 1 aliphatic carbocycles. The van der Waals surface area contributed by atoms with Crippen molar-refractivity contribution in [1.29, 1.82) is 0 Å². The number of rotatable bonds is 5. The maximum absolute atomic E-state index is 12.4. The minimum Gasteiger partial charge on any atom is -0.253 e. The third-order valence-corrected chi connectivity index (χ3v) is 6.85. The van der Waals surface area contributed by atoms with E-state index in [0.717, 1.165) is 25.0 Å². The minimum atomic E-state index is -3.28. The van der Waals surface area contributed by atoms with Crippen molar-refractivity contribution < 1.29 is 8.42 Å². The van der Waals surface area contributed by atoms with Crippen LogP contribution in [0, 0.1) is 5.41 Å². The van der Waals surface area contributed by atoms with Gasteiger partial charge < -0.3 is 0 Å². The van der Waals surface area contributed by atoms with Crippen LogP contribution in [0.25, 0.3) is 0 Å². The number of fused-ring (bicyclic) bond motifs is 1. The first-order valence-electron chi connectivity index (χ1n) is 7.83. The molecule has 0 radical (unpaired) electrons. The molecule has 0 aliphatic heterocycles. The van der Waals surface area contributed by atoms with E-state index in [2.05, 4.69) is 29.1 Å². The van der Waals surface area contributed by atoms with E-state index in [4.69, 9.17) is 0 Å². The lowest BCUT2D eigenvalue weighted by atomic mass is 9.79. The van der Waals surface area contributed by atoms with Crippen LogP contribution >= 0.6 is 11.3 Å². The van der Waals surface area contributed by atoms with Crippen LogP contribution in [0.2, 0.25) is 0 Å². The van der Waals surface area contributed by atoms with Crippen molar-refractivity contribution in [3.63, 3.8) is 0 Å². The van der Waals surface area contributed by atoms with E-state index in [9.17, 15) is 8.42 Å². The Hall–Kier alpha value is -1.28. The van der Waals surface area contributed by atoms with Gasteiger partial charge in [-0.05, 0) is 31.6 Å². The van der Waals surface area contributed by atoms with Crippen LogP contribution < -0.4 is 0 Å². The summed E-state index contributed by atoms with van der Waals surface area (Å²) in [5.41, 5.74) is 1.87. The first-order chi connectivity index (χ1) is 10.8. The number of nitrogens with zero attached hydrogens (tertiary/aromatic N) is 4. The van der Waals surface area contributed by atoms with Gasteiger partial charge in [0.1, 0.15) is 10.8 Å². The smallest absolute Gasteiger partial charge is 0.162 e. The molecule has 6 nitrogen and oxygen atoms in total. The zero-order valence-electron chi connectivity index (χ0n) is 13.7. The molecule has 0 aromatic carbocycles. The van der Waals surface area contributed by atoms with Gasteiger partial charge in [-0.15, -0.1) is 16.4 Å². The fourth-order valence-corrected chi connectivity index (χ4v) is 5.90. The van der Waals surface area contributed by atoms with Gasteiger partial charge in [0.15, 0.2) is 9.84 Å². The van der Waals surface area contributed by atoms with Gasteiger partial charge in [-0.2, -0.15) is 0 Å². The molecule has 0 atom stereocenters. The van der Waals surface area contributed by atoms with Crippen molar-refractivity contribution in [3.05, 3.63) is 27.5 Å². The Labute approximate surface area is 140 Å². The van der Waals surface area contributed by atoms with E-state index in [0.29, 0.717) is 17.2 Å². The van der Waals surface area contributed by atoms with Gasteiger partial charge in [0, 0.05) is 17.6 Å². The summed E-state index contributed by atoms with van der Waals surface area (Å²) in [5.74, 6) is -0.0905. The quantitative estimate of drug-likeness (QED) is 0.824. The fourth-order valence-electron chi connectivity index (χ4n) is 2.84. The lowest BCUT2D eigenvalue weighted by molar-refractivity contribution is 0.316. The molecule has 0 bridgehead atoms. The van der Waals surface area contributed by atoms with Gasteiger partial charge in [0.25, 0.3) is 0 Å². The van der Waals surface area contributed by atoms with Crippen molar-refractivity contribution in [3.8, 4) is 0 Å². The molecule has 0 spiro atoms. The zero-order valence-corrected chi connectivity index (χ0v) is 15.4. The second-order valence-corrected chi connectivity index (χ2v) is 10.1. The molecule has 2 aromatic heterocycles. The van der Waals surface area contributed by atoms with Gasteiger partial charge in [0.05, 0.1) is 17.1 Å². The topological polar surface area (TPSA) is 77.7 Å². The predicted octanol–water partition coefficient (Wildman–Crippen LogP) is 2.38.